The van der Waals surface area contributed by atoms with Crippen LogP contribution in [0.1, 0.15) is 18.4 Å². The molecule has 5 rings (SSSR count). The van der Waals surface area contributed by atoms with Gasteiger partial charge in [0.25, 0.3) is 0 Å². The van der Waals surface area contributed by atoms with E-state index in [0.717, 1.165) is 28.0 Å². The van der Waals surface area contributed by atoms with Crippen LogP contribution >= 0.6 is 11.3 Å². The van der Waals surface area contributed by atoms with Crippen LogP contribution < -0.4 is 15.4 Å². The summed E-state index contributed by atoms with van der Waals surface area (Å²) in [6.07, 6.45) is 4.12. The third-order valence-electron chi connectivity index (χ3n) is 5.98. The number of fused-ring (bicyclic) bond motifs is 1. The van der Waals surface area contributed by atoms with Crippen LogP contribution in [0.5, 0.6) is 11.5 Å². The Hall–Kier alpha value is -4.29. The number of amides is 3. The number of nitrogens with one attached hydrogen (secondary N) is 2. The Labute approximate surface area is 227 Å². The van der Waals surface area contributed by atoms with Gasteiger partial charge in [0.1, 0.15) is 5.75 Å². The quantitative estimate of drug-likeness (QED) is 0.231. The van der Waals surface area contributed by atoms with Crippen LogP contribution in [-0.4, -0.2) is 58.4 Å². The van der Waals surface area contributed by atoms with Crippen LogP contribution in [0.4, 0.5) is 19.7 Å². The molecule has 1 saturated carbocycles. The maximum atomic E-state index is 14.8. The summed E-state index contributed by atoms with van der Waals surface area (Å²) in [4.78, 5) is 34.4. The predicted octanol–water partition coefficient (Wildman–Crippen LogP) is 5.70. The molecular formula is C27H26FN5O5S. The van der Waals surface area contributed by atoms with Crippen molar-refractivity contribution in [3.05, 3.63) is 66.2 Å². The van der Waals surface area contributed by atoms with Gasteiger partial charge in [-0.05, 0) is 42.7 Å². The van der Waals surface area contributed by atoms with E-state index >= 15 is 0 Å². The van der Waals surface area contributed by atoms with Crippen LogP contribution in [0.2, 0.25) is 0 Å². The Kier molecular flexibility index (Phi) is 7.84. The van der Waals surface area contributed by atoms with Gasteiger partial charge in [-0.25, -0.2) is 14.0 Å². The molecule has 0 saturated heterocycles. The van der Waals surface area contributed by atoms with E-state index < -0.39 is 11.9 Å². The number of rotatable bonds is 10. The third kappa shape index (κ3) is 6.59. The first-order valence-electron chi connectivity index (χ1n) is 12.2. The second-order valence-electron chi connectivity index (χ2n) is 9.00. The van der Waals surface area contributed by atoms with Crippen molar-refractivity contribution in [2.45, 2.75) is 25.4 Å². The molecule has 10 nitrogen and oxygen atoms in total. The summed E-state index contributed by atoms with van der Waals surface area (Å²) < 4.78 is 26.4. The summed E-state index contributed by atoms with van der Waals surface area (Å²) in [6, 6.07) is 11.3. The molecule has 0 atom stereocenters. The first-order chi connectivity index (χ1) is 18.9. The second kappa shape index (κ2) is 11.6. The average Bonchev–Trinajstić information content (AvgIpc) is 3.61. The Bertz CT molecular complexity index is 1490. The number of methoxy groups -OCH3 is 1. The SMILES string of the molecule is COCCN(Cc1ccc(-c2cc3nccc(Oc4ccc(NC(=O)NC5CC5)cc4F)c3s2)nc1)C(=O)O. The fraction of sp³-hybridized carbons (Fsp3) is 0.259. The molecule has 0 unspecified atom stereocenters. The lowest BCUT2D eigenvalue weighted by Gasteiger charge is -2.18. The van der Waals surface area contributed by atoms with Crippen molar-refractivity contribution in [3.63, 3.8) is 0 Å². The number of aromatic nitrogens is 2. The highest BCUT2D eigenvalue weighted by atomic mass is 32.1. The van der Waals surface area contributed by atoms with Crippen LogP contribution in [0, 0.1) is 5.82 Å². The van der Waals surface area contributed by atoms with Gasteiger partial charge in [-0.2, -0.15) is 0 Å². The normalized spacial score (nSPS) is 12.8. The molecule has 1 aliphatic rings. The van der Waals surface area contributed by atoms with E-state index in [0.29, 0.717) is 29.3 Å². The van der Waals surface area contributed by atoms with Crippen molar-refractivity contribution >= 4 is 39.4 Å². The second-order valence-corrected chi connectivity index (χ2v) is 10.1. The standard InChI is InChI=1S/C27H26FN5O5S/c1-37-11-10-33(27(35)36)15-16-2-6-20(30-14-16)24-13-21-25(39-24)23(8-9-29-21)38-22-7-5-18(12-19(22)28)32-26(34)31-17-3-4-17/h2,5-9,12-14,17H,3-4,10-11,15H2,1H3,(H,35,36)(H2,31,32,34). The monoisotopic (exact) mass is 551 g/mol. The van der Waals surface area contributed by atoms with Gasteiger partial charge in [-0.15, -0.1) is 11.3 Å². The number of ether oxygens (including phenoxy) is 2. The molecule has 0 spiro atoms. The molecule has 39 heavy (non-hydrogen) atoms. The number of thiophene rings is 1. The Morgan fingerprint density at radius 2 is 2.00 bits per heavy atom. The molecule has 1 fully saturated rings. The highest BCUT2D eigenvalue weighted by Crippen LogP contribution is 2.39. The molecule has 3 heterocycles. The number of urea groups is 1. The van der Waals surface area contributed by atoms with Crippen molar-refractivity contribution in [2.75, 3.05) is 25.6 Å². The maximum Gasteiger partial charge on any atom is 0.407 e. The number of hydrogen-bond acceptors (Lipinski definition) is 7. The first-order valence-corrected chi connectivity index (χ1v) is 13.1. The third-order valence-corrected chi connectivity index (χ3v) is 7.15. The minimum atomic E-state index is -1.03. The Balaban J connectivity index is 1.30. The predicted molar refractivity (Wildman–Crippen MR) is 145 cm³/mol. The molecule has 3 N–H and O–H groups in total. The van der Waals surface area contributed by atoms with Gasteiger partial charge in [0.15, 0.2) is 11.6 Å². The number of carbonyl (C=O) groups excluding carboxylic acids is 1. The van der Waals surface area contributed by atoms with Gasteiger partial charge in [-0.3, -0.25) is 9.97 Å². The topological polar surface area (TPSA) is 126 Å². The smallest absolute Gasteiger partial charge is 0.407 e. The van der Waals surface area contributed by atoms with Crippen molar-refractivity contribution in [3.8, 4) is 22.1 Å². The minimum absolute atomic E-state index is 0.0181. The van der Waals surface area contributed by atoms with E-state index in [4.69, 9.17) is 9.47 Å². The molecule has 1 aliphatic carbocycles. The van der Waals surface area contributed by atoms with E-state index in [1.165, 1.54) is 35.5 Å². The van der Waals surface area contributed by atoms with Crippen molar-refractivity contribution in [1.29, 1.82) is 0 Å². The molecule has 1 aromatic carbocycles. The molecule has 0 radical (unpaired) electrons. The fourth-order valence-corrected chi connectivity index (χ4v) is 4.85. The van der Waals surface area contributed by atoms with Gasteiger partial charge in [0, 0.05) is 49.9 Å². The lowest BCUT2D eigenvalue weighted by molar-refractivity contribution is 0.115. The zero-order valence-electron chi connectivity index (χ0n) is 21.0. The number of halogens is 1. The number of pyridine rings is 2. The van der Waals surface area contributed by atoms with Crippen LogP contribution in [-0.2, 0) is 11.3 Å². The summed E-state index contributed by atoms with van der Waals surface area (Å²) in [5, 5.41) is 14.8. The number of hydrogen-bond donors (Lipinski definition) is 3. The Morgan fingerprint density at radius 1 is 1.15 bits per heavy atom. The zero-order chi connectivity index (χ0) is 27.4. The maximum absolute atomic E-state index is 14.8. The average molecular weight is 552 g/mol. The van der Waals surface area contributed by atoms with Crippen molar-refractivity contribution in [1.82, 2.24) is 20.2 Å². The zero-order valence-corrected chi connectivity index (χ0v) is 21.8. The van der Waals surface area contributed by atoms with Crippen molar-refractivity contribution in [2.24, 2.45) is 0 Å². The van der Waals surface area contributed by atoms with Crippen LogP contribution in [0.3, 0.4) is 0 Å². The molecule has 4 aromatic rings. The molecule has 0 bridgehead atoms. The number of anilines is 1. The largest absolute Gasteiger partial charge is 0.465 e. The molecule has 3 aromatic heterocycles. The first kappa shape index (κ1) is 26.3. The number of nitrogens with zero attached hydrogens (tertiary/aromatic N) is 3. The number of carboxylic acid groups (broad SMARTS) is 1. The van der Waals surface area contributed by atoms with Crippen LogP contribution in [0.25, 0.3) is 20.8 Å². The van der Waals surface area contributed by atoms with E-state index in [-0.39, 0.29) is 30.9 Å². The highest BCUT2D eigenvalue weighted by molar-refractivity contribution is 7.22. The van der Waals surface area contributed by atoms with Gasteiger partial charge < -0.3 is 30.1 Å². The van der Waals surface area contributed by atoms with E-state index in [9.17, 15) is 19.1 Å². The number of benzene rings is 1. The fourth-order valence-electron chi connectivity index (χ4n) is 3.81. The van der Waals surface area contributed by atoms with Gasteiger partial charge >= 0.3 is 12.1 Å². The number of carbonyl (C=O) groups is 2. The van der Waals surface area contributed by atoms with Gasteiger partial charge in [0.2, 0.25) is 0 Å². The van der Waals surface area contributed by atoms with E-state index in [2.05, 4.69) is 20.6 Å². The summed E-state index contributed by atoms with van der Waals surface area (Å²) in [7, 11) is 1.52. The molecule has 3 amide bonds. The lowest BCUT2D eigenvalue weighted by Crippen LogP contribution is -2.32. The Morgan fingerprint density at radius 3 is 2.69 bits per heavy atom. The van der Waals surface area contributed by atoms with Gasteiger partial charge in [-0.1, -0.05) is 6.07 Å². The lowest BCUT2D eigenvalue weighted by atomic mass is 10.2. The summed E-state index contributed by atoms with van der Waals surface area (Å²) in [6.45, 7) is 0.760. The summed E-state index contributed by atoms with van der Waals surface area (Å²) >= 11 is 1.40. The molecular weight excluding hydrogens is 525 g/mol. The highest BCUT2D eigenvalue weighted by Gasteiger charge is 2.23. The summed E-state index contributed by atoms with van der Waals surface area (Å²) in [5.74, 6) is -0.155. The molecule has 202 valence electrons. The van der Waals surface area contributed by atoms with Gasteiger partial charge in [0.05, 0.1) is 33.9 Å². The molecule has 0 aliphatic heterocycles. The van der Waals surface area contributed by atoms with E-state index in [1.54, 1.807) is 24.5 Å². The van der Waals surface area contributed by atoms with E-state index in [1.807, 2.05) is 18.2 Å². The minimum Gasteiger partial charge on any atom is -0.465 e. The van der Waals surface area contributed by atoms with Crippen LogP contribution in [0.15, 0.2) is 54.9 Å². The summed E-state index contributed by atoms with van der Waals surface area (Å²) in [5.41, 5.74) is 2.44. The molecule has 12 heteroatoms. The van der Waals surface area contributed by atoms with Crippen molar-refractivity contribution < 1.29 is 28.6 Å².